The molecule has 0 bridgehead atoms. The molecule has 1 fully saturated rings. The van der Waals surface area contributed by atoms with Crippen molar-refractivity contribution >= 4 is 24.1 Å². The summed E-state index contributed by atoms with van der Waals surface area (Å²) in [6.45, 7) is 3.86. The Kier molecular flexibility index (Phi) is 5.57. The average Bonchev–Trinajstić information content (AvgIpc) is 2.96. The molecule has 2 N–H and O–H groups in total. The number of piperidine rings is 1. The van der Waals surface area contributed by atoms with Crippen LogP contribution in [-0.2, 0) is 4.79 Å². The summed E-state index contributed by atoms with van der Waals surface area (Å²) in [6.07, 6.45) is 3.50. The molecule has 2 heterocycles. The fraction of sp³-hybridized carbons (Fsp3) is 0.375. The van der Waals surface area contributed by atoms with Gasteiger partial charge in [-0.3, -0.25) is 4.79 Å². The molecule has 1 aliphatic rings. The maximum Gasteiger partial charge on any atom is 0.228 e. The van der Waals surface area contributed by atoms with Crippen LogP contribution in [0.2, 0.25) is 0 Å². The van der Waals surface area contributed by atoms with E-state index in [2.05, 4.69) is 15.7 Å². The molecule has 5 nitrogen and oxygen atoms in total. The van der Waals surface area contributed by atoms with Crippen LogP contribution in [0.25, 0.3) is 5.69 Å². The number of nitrogens with zero attached hydrogens (tertiary/aromatic N) is 2. The minimum absolute atomic E-state index is 0. The summed E-state index contributed by atoms with van der Waals surface area (Å²) in [5, 5.41) is 10.6. The zero-order valence-corrected chi connectivity index (χ0v) is 13.4. The molecule has 0 saturated carbocycles. The van der Waals surface area contributed by atoms with Crippen molar-refractivity contribution in [3.63, 3.8) is 0 Å². The predicted molar refractivity (Wildman–Crippen MR) is 89.8 cm³/mol. The van der Waals surface area contributed by atoms with Crippen molar-refractivity contribution in [2.45, 2.75) is 19.8 Å². The second-order valence-corrected chi connectivity index (χ2v) is 5.43. The van der Waals surface area contributed by atoms with Crippen LogP contribution < -0.4 is 10.6 Å². The largest absolute Gasteiger partial charge is 0.317 e. The number of halogens is 1. The Bertz CT molecular complexity index is 635. The Morgan fingerprint density at radius 3 is 2.73 bits per heavy atom. The van der Waals surface area contributed by atoms with Crippen LogP contribution in [0.3, 0.4) is 0 Å². The van der Waals surface area contributed by atoms with E-state index in [0.29, 0.717) is 0 Å². The van der Waals surface area contributed by atoms with E-state index in [0.717, 1.165) is 43.0 Å². The van der Waals surface area contributed by atoms with Crippen LogP contribution in [0.1, 0.15) is 18.4 Å². The number of carbonyl (C=O) groups excluding carboxylic acids is 1. The van der Waals surface area contributed by atoms with Gasteiger partial charge in [0.15, 0.2) is 0 Å². The average molecular weight is 321 g/mol. The van der Waals surface area contributed by atoms with Crippen molar-refractivity contribution < 1.29 is 4.79 Å². The molecule has 1 aromatic carbocycles. The lowest BCUT2D eigenvalue weighted by Gasteiger charge is -2.22. The molecule has 6 heteroatoms. The van der Waals surface area contributed by atoms with Gasteiger partial charge in [0.25, 0.3) is 0 Å². The monoisotopic (exact) mass is 320 g/mol. The summed E-state index contributed by atoms with van der Waals surface area (Å²) in [7, 11) is 0. The molecule has 118 valence electrons. The van der Waals surface area contributed by atoms with E-state index >= 15 is 0 Å². The van der Waals surface area contributed by atoms with Gasteiger partial charge in [0.2, 0.25) is 5.91 Å². The zero-order valence-electron chi connectivity index (χ0n) is 12.6. The summed E-state index contributed by atoms with van der Waals surface area (Å²) >= 11 is 0. The third-order valence-electron chi connectivity index (χ3n) is 3.95. The van der Waals surface area contributed by atoms with Crippen LogP contribution in [-0.4, -0.2) is 28.8 Å². The Hall–Kier alpha value is -1.85. The number of hydrogen-bond donors (Lipinski definition) is 2. The first kappa shape index (κ1) is 16.5. The van der Waals surface area contributed by atoms with E-state index in [1.54, 1.807) is 10.9 Å². The topological polar surface area (TPSA) is 59.0 Å². The summed E-state index contributed by atoms with van der Waals surface area (Å²) in [5.41, 5.74) is 2.11. The second kappa shape index (κ2) is 7.42. The van der Waals surface area contributed by atoms with Crippen molar-refractivity contribution in [3.05, 3.63) is 42.1 Å². The molecule has 2 aromatic rings. The van der Waals surface area contributed by atoms with Gasteiger partial charge in [-0.05, 0) is 44.5 Å². The van der Waals surface area contributed by atoms with Crippen LogP contribution in [0.4, 0.5) is 5.82 Å². The van der Waals surface area contributed by atoms with E-state index in [4.69, 9.17) is 0 Å². The third-order valence-corrected chi connectivity index (χ3v) is 3.95. The van der Waals surface area contributed by atoms with Crippen molar-refractivity contribution in [3.8, 4) is 5.69 Å². The maximum absolute atomic E-state index is 12.4. The van der Waals surface area contributed by atoms with Gasteiger partial charge >= 0.3 is 0 Å². The molecule has 3 rings (SSSR count). The number of aromatic nitrogens is 2. The van der Waals surface area contributed by atoms with Crippen molar-refractivity contribution in [2.24, 2.45) is 5.92 Å². The molecule has 0 unspecified atom stereocenters. The zero-order chi connectivity index (χ0) is 14.7. The first-order chi connectivity index (χ1) is 10.3. The van der Waals surface area contributed by atoms with Crippen molar-refractivity contribution in [2.75, 3.05) is 18.4 Å². The highest BCUT2D eigenvalue weighted by Gasteiger charge is 2.22. The second-order valence-electron chi connectivity index (χ2n) is 5.43. The number of aryl methyl sites for hydroxylation is 1. The van der Waals surface area contributed by atoms with Crippen LogP contribution >= 0.6 is 12.4 Å². The Morgan fingerprint density at radius 1 is 1.27 bits per heavy atom. The Labute approximate surface area is 136 Å². The quantitative estimate of drug-likeness (QED) is 0.913. The van der Waals surface area contributed by atoms with Crippen LogP contribution in [0.15, 0.2) is 36.5 Å². The van der Waals surface area contributed by atoms with E-state index in [1.165, 1.54) is 0 Å². The lowest BCUT2D eigenvalue weighted by molar-refractivity contribution is -0.120. The fourth-order valence-corrected chi connectivity index (χ4v) is 2.70. The van der Waals surface area contributed by atoms with Crippen molar-refractivity contribution in [1.29, 1.82) is 0 Å². The minimum Gasteiger partial charge on any atom is -0.317 e. The Balaban J connectivity index is 0.00000176. The number of benzene rings is 1. The highest BCUT2D eigenvalue weighted by Crippen LogP contribution is 2.20. The van der Waals surface area contributed by atoms with Gasteiger partial charge in [0.1, 0.15) is 5.82 Å². The summed E-state index contributed by atoms with van der Waals surface area (Å²) in [6, 6.07) is 9.85. The number of rotatable bonds is 3. The smallest absolute Gasteiger partial charge is 0.228 e. The molecular weight excluding hydrogens is 300 g/mol. The van der Waals surface area contributed by atoms with Gasteiger partial charge in [0, 0.05) is 12.0 Å². The highest BCUT2D eigenvalue weighted by molar-refractivity contribution is 5.92. The summed E-state index contributed by atoms with van der Waals surface area (Å²) in [4.78, 5) is 12.4. The van der Waals surface area contributed by atoms with Gasteiger partial charge in [-0.25, -0.2) is 4.68 Å². The van der Waals surface area contributed by atoms with Crippen LogP contribution in [0, 0.1) is 12.8 Å². The summed E-state index contributed by atoms with van der Waals surface area (Å²) < 4.78 is 1.79. The van der Waals surface area contributed by atoms with Crippen LogP contribution in [0.5, 0.6) is 0 Å². The predicted octanol–water partition coefficient (Wildman–Crippen LogP) is 2.54. The molecule has 0 spiro atoms. The molecule has 0 aliphatic carbocycles. The van der Waals surface area contributed by atoms with E-state index in [9.17, 15) is 4.79 Å². The number of hydrogen-bond acceptors (Lipinski definition) is 3. The van der Waals surface area contributed by atoms with E-state index in [1.807, 2.05) is 37.3 Å². The molecule has 1 aromatic heterocycles. The maximum atomic E-state index is 12.4. The first-order valence-electron chi connectivity index (χ1n) is 7.37. The lowest BCUT2D eigenvalue weighted by atomic mass is 9.97. The molecular formula is C16H21ClN4O. The van der Waals surface area contributed by atoms with Gasteiger partial charge in [-0.2, -0.15) is 5.10 Å². The van der Waals surface area contributed by atoms with E-state index in [-0.39, 0.29) is 24.2 Å². The molecule has 1 amide bonds. The number of nitrogens with one attached hydrogen (secondary N) is 2. The summed E-state index contributed by atoms with van der Waals surface area (Å²) in [5.74, 6) is 0.908. The van der Waals surface area contributed by atoms with Crippen molar-refractivity contribution in [1.82, 2.24) is 15.1 Å². The molecule has 1 aliphatic heterocycles. The molecule has 22 heavy (non-hydrogen) atoms. The SMILES string of the molecule is Cc1ccccc1-n1nccc1NC(=O)C1CCNCC1.Cl. The molecule has 0 atom stereocenters. The number of para-hydroxylation sites is 1. The third kappa shape index (κ3) is 3.48. The lowest BCUT2D eigenvalue weighted by Crippen LogP contribution is -2.35. The highest BCUT2D eigenvalue weighted by atomic mass is 35.5. The van der Waals surface area contributed by atoms with Gasteiger partial charge in [-0.15, -0.1) is 12.4 Å². The molecule has 0 radical (unpaired) electrons. The van der Waals surface area contributed by atoms with E-state index < -0.39 is 0 Å². The molecule has 1 saturated heterocycles. The standard InChI is InChI=1S/C16H20N4O.ClH/c1-12-4-2-3-5-14(12)20-15(8-11-18-20)19-16(21)13-6-9-17-10-7-13;/h2-5,8,11,13,17H,6-7,9-10H2,1H3,(H,19,21);1H. The fourth-order valence-electron chi connectivity index (χ4n) is 2.70. The first-order valence-corrected chi connectivity index (χ1v) is 7.37. The number of amides is 1. The van der Waals surface area contributed by atoms with Gasteiger partial charge in [-0.1, -0.05) is 18.2 Å². The minimum atomic E-state index is 0. The Morgan fingerprint density at radius 2 is 2.00 bits per heavy atom. The van der Waals surface area contributed by atoms with Gasteiger partial charge < -0.3 is 10.6 Å². The number of anilines is 1. The normalized spacial score (nSPS) is 15.1. The van der Waals surface area contributed by atoms with Gasteiger partial charge in [0.05, 0.1) is 11.9 Å². The number of carbonyl (C=O) groups is 1.